The van der Waals surface area contributed by atoms with Crippen LogP contribution in [-0.2, 0) is 0 Å². The van der Waals surface area contributed by atoms with Crippen LogP contribution in [0.25, 0.3) is 17.1 Å². The van der Waals surface area contributed by atoms with Crippen molar-refractivity contribution < 1.29 is 4.42 Å². The largest absolute Gasteiger partial charge is 0.465 e. The summed E-state index contributed by atoms with van der Waals surface area (Å²) in [6, 6.07) is 5.95. The Bertz CT molecular complexity index is 828. The molecule has 0 spiro atoms. The van der Waals surface area contributed by atoms with Crippen LogP contribution >= 0.6 is 0 Å². The highest BCUT2D eigenvalue weighted by Gasteiger charge is 2.20. The van der Waals surface area contributed by atoms with E-state index >= 15 is 0 Å². The van der Waals surface area contributed by atoms with E-state index in [0.29, 0.717) is 0 Å². The van der Waals surface area contributed by atoms with E-state index in [0.717, 1.165) is 55.3 Å². The van der Waals surface area contributed by atoms with Crippen LogP contribution in [0.5, 0.6) is 0 Å². The summed E-state index contributed by atoms with van der Waals surface area (Å²) in [6.07, 6.45) is 7.38. The summed E-state index contributed by atoms with van der Waals surface area (Å²) in [5, 5.41) is 1.10. The van der Waals surface area contributed by atoms with Gasteiger partial charge < -0.3 is 14.3 Å². The molecule has 124 valence electrons. The summed E-state index contributed by atoms with van der Waals surface area (Å²) < 4.78 is 5.38. The molecule has 0 bridgehead atoms. The predicted octanol–water partition coefficient (Wildman–Crippen LogP) is 2.78. The van der Waals surface area contributed by atoms with Gasteiger partial charge in [0.25, 0.3) is 0 Å². The maximum Gasteiger partial charge on any atom is 0.142 e. The van der Waals surface area contributed by atoms with Crippen molar-refractivity contribution in [1.29, 1.82) is 0 Å². The lowest BCUT2D eigenvalue weighted by atomic mass is 10.2. The zero-order valence-corrected chi connectivity index (χ0v) is 13.8. The van der Waals surface area contributed by atoms with Gasteiger partial charge in [-0.25, -0.2) is 9.97 Å². The molecule has 0 radical (unpaired) electrons. The van der Waals surface area contributed by atoms with Crippen LogP contribution in [0.4, 0.5) is 5.82 Å². The average Bonchev–Trinajstić information content (AvgIpc) is 3.26. The summed E-state index contributed by atoms with van der Waals surface area (Å²) in [5.74, 6) is 1.95. The van der Waals surface area contributed by atoms with Gasteiger partial charge in [-0.15, -0.1) is 0 Å². The molecule has 3 aromatic heterocycles. The third kappa shape index (κ3) is 3.05. The Kier molecular flexibility index (Phi) is 4.04. The van der Waals surface area contributed by atoms with Gasteiger partial charge in [0, 0.05) is 38.9 Å². The van der Waals surface area contributed by atoms with Gasteiger partial charge in [-0.1, -0.05) is 5.57 Å². The molecule has 6 nitrogen and oxygen atoms in total. The molecule has 1 aliphatic heterocycles. The second-order valence-corrected chi connectivity index (χ2v) is 6.21. The molecule has 0 unspecified atom stereocenters. The molecule has 6 heteroatoms. The van der Waals surface area contributed by atoms with E-state index in [1.54, 1.807) is 12.6 Å². The van der Waals surface area contributed by atoms with Gasteiger partial charge >= 0.3 is 0 Å². The van der Waals surface area contributed by atoms with Crippen LogP contribution in [-0.4, -0.2) is 52.6 Å². The highest BCUT2D eigenvalue weighted by molar-refractivity contribution is 5.87. The van der Waals surface area contributed by atoms with Crippen LogP contribution < -0.4 is 4.90 Å². The molecule has 0 aromatic carbocycles. The lowest BCUT2D eigenvalue weighted by molar-refractivity contribution is 0.278. The molecule has 0 atom stereocenters. The average molecular weight is 323 g/mol. The van der Waals surface area contributed by atoms with E-state index in [-0.39, 0.29) is 0 Å². The standard InChI is InChI=1S/C18H21N5O/c1-14(11-15-3-2-10-24-15)12-22-6-8-23(9-7-22)18-16-4-5-19-17(16)20-13-21-18/h2-5,10-11,13H,6-9,12H2,1H3,(H,19,20,21)/b14-11+. The highest BCUT2D eigenvalue weighted by Crippen LogP contribution is 2.23. The Morgan fingerprint density at radius 2 is 2.12 bits per heavy atom. The molecule has 0 aliphatic carbocycles. The molecule has 1 fully saturated rings. The second kappa shape index (κ2) is 6.49. The lowest BCUT2D eigenvalue weighted by Gasteiger charge is -2.35. The number of nitrogens with zero attached hydrogens (tertiary/aromatic N) is 4. The Morgan fingerprint density at radius 3 is 2.92 bits per heavy atom. The van der Waals surface area contributed by atoms with Crippen molar-refractivity contribution in [2.24, 2.45) is 0 Å². The summed E-state index contributed by atoms with van der Waals surface area (Å²) in [7, 11) is 0. The Morgan fingerprint density at radius 1 is 1.25 bits per heavy atom. The van der Waals surface area contributed by atoms with E-state index in [4.69, 9.17) is 4.42 Å². The normalized spacial score (nSPS) is 16.9. The second-order valence-electron chi connectivity index (χ2n) is 6.21. The fourth-order valence-electron chi connectivity index (χ4n) is 3.24. The number of nitrogens with one attached hydrogen (secondary N) is 1. The zero-order chi connectivity index (χ0) is 16.4. The number of fused-ring (bicyclic) bond motifs is 1. The van der Waals surface area contributed by atoms with Gasteiger partial charge in [-0.05, 0) is 31.2 Å². The summed E-state index contributed by atoms with van der Waals surface area (Å²) in [4.78, 5) is 16.7. The number of aromatic amines is 1. The van der Waals surface area contributed by atoms with E-state index in [2.05, 4.69) is 37.8 Å². The minimum Gasteiger partial charge on any atom is -0.465 e. The van der Waals surface area contributed by atoms with Crippen LogP contribution in [0.3, 0.4) is 0 Å². The fourth-order valence-corrected chi connectivity index (χ4v) is 3.24. The molecule has 1 N–H and O–H groups in total. The molecule has 0 saturated carbocycles. The number of rotatable bonds is 4. The van der Waals surface area contributed by atoms with Gasteiger partial charge in [-0.2, -0.15) is 0 Å². The van der Waals surface area contributed by atoms with Crippen LogP contribution in [0.2, 0.25) is 0 Å². The molecule has 4 rings (SSSR count). The van der Waals surface area contributed by atoms with Gasteiger partial charge in [0.05, 0.1) is 11.6 Å². The minimum atomic E-state index is 0.902. The SMILES string of the molecule is C/C(=C\c1ccco1)CN1CCN(c2ncnc3[nH]ccc23)CC1. The topological polar surface area (TPSA) is 61.2 Å². The Labute approximate surface area is 140 Å². The summed E-state index contributed by atoms with van der Waals surface area (Å²) >= 11 is 0. The Balaban J connectivity index is 1.39. The molecule has 24 heavy (non-hydrogen) atoms. The van der Waals surface area contributed by atoms with Crippen molar-refractivity contribution >= 4 is 22.9 Å². The van der Waals surface area contributed by atoms with Crippen LogP contribution in [0, 0.1) is 0 Å². The highest BCUT2D eigenvalue weighted by atomic mass is 16.3. The van der Waals surface area contributed by atoms with Gasteiger partial charge in [0.2, 0.25) is 0 Å². The first kappa shape index (κ1) is 15.0. The summed E-state index contributed by atoms with van der Waals surface area (Å²) in [5.41, 5.74) is 2.22. The van der Waals surface area contributed by atoms with Crippen LogP contribution in [0.15, 0.2) is 47.0 Å². The van der Waals surface area contributed by atoms with Crippen molar-refractivity contribution in [2.45, 2.75) is 6.92 Å². The fraction of sp³-hybridized carbons (Fsp3) is 0.333. The van der Waals surface area contributed by atoms with E-state index < -0.39 is 0 Å². The molecule has 4 heterocycles. The number of hydrogen-bond donors (Lipinski definition) is 1. The number of piperazine rings is 1. The maximum atomic E-state index is 5.38. The van der Waals surface area contributed by atoms with Gasteiger partial charge in [-0.3, -0.25) is 4.90 Å². The maximum absolute atomic E-state index is 5.38. The van der Waals surface area contributed by atoms with Crippen molar-refractivity contribution in [2.75, 3.05) is 37.6 Å². The molecule has 1 saturated heterocycles. The Hall–Kier alpha value is -2.60. The van der Waals surface area contributed by atoms with E-state index in [1.165, 1.54) is 5.57 Å². The number of H-pyrrole nitrogens is 1. The lowest BCUT2D eigenvalue weighted by Crippen LogP contribution is -2.47. The number of furan rings is 1. The van der Waals surface area contributed by atoms with Crippen molar-refractivity contribution in [3.63, 3.8) is 0 Å². The third-order valence-electron chi connectivity index (χ3n) is 4.41. The first-order valence-electron chi connectivity index (χ1n) is 8.26. The van der Waals surface area contributed by atoms with E-state index in [9.17, 15) is 0 Å². The predicted molar refractivity (Wildman–Crippen MR) is 94.9 cm³/mol. The number of aromatic nitrogens is 3. The first-order valence-corrected chi connectivity index (χ1v) is 8.26. The summed E-state index contributed by atoms with van der Waals surface area (Å²) in [6.45, 7) is 7.13. The quantitative estimate of drug-likeness (QED) is 0.800. The van der Waals surface area contributed by atoms with Crippen molar-refractivity contribution in [3.8, 4) is 0 Å². The first-order chi connectivity index (χ1) is 11.8. The van der Waals surface area contributed by atoms with Gasteiger partial charge in [0.1, 0.15) is 23.6 Å². The molecule has 0 amide bonds. The third-order valence-corrected chi connectivity index (χ3v) is 4.41. The van der Waals surface area contributed by atoms with Crippen molar-refractivity contribution in [1.82, 2.24) is 19.9 Å². The molecular formula is C18H21N5O. The smallest absolute Gasteiger partial charge is 0.142 e. The molecule has 1 aliphatic rings. The zero-order valence-electron chi connectivity index (χ0n) is 13.8. The van der Waals surface area contributed by atoms with E-state index in [1.807, 2.05) is 24.4 Å². The minimum absolute atomic E-state index is 0.902. The number of anilines is 1. The number of hydrogen-bond acceptors (Lipinski definition) is 5. The monoisotopic (exact) mass is 323 g/mol. The van der Waals surface area contributed by atoms with Crippen molar-refractivity contribution in [3.05, 3.63) is 48.3 Å². The molecule has 3 aromatic rings. The van der Waals surface area contributed by atoms with Crippen LogP contribution in [0.1, 0.15) is 12.7 Å². The molecular weight excluding hydrogens is 302 g/mol. The van der Waals surface area contributed by atoms with Gasteiger partial charge in [0.15, 0.2) is 0 Å².